The third-order valence-electron chi connectivity index (χ3n) is 4.95. The van der Waals surface area contributed by atoms with Crippen molar-refractivity contribution >= 4 is 41.5 Å². The Bertz CT molecular complexity index is 779. The molecule has 0 bridgehead atoms. The van der Waals surface area contributed by atoms with Crippen molar-refractivity contribution in [2.24, 2.45) is 4.99 Å². The van der Waals surface area contributed by atoms with Gasteiger partial charge in [-0.15, -0.1) is 24.0 Å². The van der Waals surface area contributed by atoms with Gasteiger partial charge in [0.1, 0.15) is 6.54 Å². The van der Waals surface area contributed by atoms with Crippen LogP contribution in [0.2, 0.25) is 0 Å². The molecule has 2 heterocycles. The number of carbonyl (C=O) groups excluding carboxylic acids is 1. The number of fused-ring (bicyclic) bond motifs is 1. The van der Waals surface area contributed by atoms with Gasteiger partial charge in [-0.1, -0.05) is 0 Å². The highest BCUT2D eigenvalue weighted by atomic mass is 127. The molecular weight excluding hydrogens is 537 g/mol. The lowest BCUT2D eigenvalue weighted by atomic mass is 10.1. The van der Waals surface area contributed by atoms with Crippen LogP contribution < -0.4 is 25.4 Å². The van der Waals surface area contributed by atoms with Crippen LogP contribution in [0.4, 0.5) is 5.69 Å². The number of nitrogens with zero attached hydrogens (tertiary/aromatic N) is 2. The fourth-order valence-electron chi connectivity index (χ4n) is 3.46. The quantitative estimate of drug-likeness (QED) is 0.199. The van der Waals surface area contributed by atoms with Crippen molar-refractivity contribution in [3.63, 3.8) is 0 Å². The molecule has 0 aromatic heterocycles. The summed E-state index contributed by atoms with van der Waals surface area (Å²) >= 11 is 0. The molecule has 2 aliphatic heterocycles. The van der Waals surface area contributed by atoms with Crippen LogP contribution in [0.5, 0.6) is 11.5 Å². The molecule has 9 nitrogen and oxygen atoms in total. The van der Waals surface area contributed by atoms with Gasteiger partial charge in [-0.25, -0.2) is 4.99 Å². The van der Waals surface area contributed by atoms with Crippen LogP contribution in [0, 0.1) is 0 Å². The molecule has 3 N–H and O–H groups in total. The van der Waals surface area contributed by atoms with E-state index in [2.05, 4.69) is 25.8 Å². The minimum absolute atomic E-state index is 0. The minimum Gasteiger partial charge on any atom is -0.490 e. The van der Waals surface area contributed by atoms with Gasteiger partial charge in [-0.05, 0) is 45.9 Å². The Balaban J connectivity index is 0.00000385. The van der Waals surface area contributed by atoms with Crippen LogP contribution >= 0.6 is 24.0 Å². The van der Waals surface area contributed by atoms with Gasteiger partial charge in [0.2, 0.25) is 5.91 Å². The van der Waals surface area contributed by atoms with Crippen LogP contribution in [-0.2, 0) is 9.53 Å². The topological polar surface area (TPSA) is 96.5 Å². The van der Waals surface area contributed by atoms with Crippen LogP contribution in [0.25, 0.3) is 0 Å². The van der Waals surface area contributed by atoms with Crippen molar-refractivity contribution in [3.05, 3.63) is 18.2 Å². The number of nitrogens with one attached hydrogen (secondary N) is 3. The number of anilines is 1. The second kappa shape index (κ2) is 13.8. The number of rotatable bonds is 7. The molecule has 10 heteroatoms. The number of morpholine rings is 1. The molecule has 0 unspecified atom stereocenters. The average Bonchev–Trinajstić information content (AvgIpc) is 2.99. The van der Waals surface area contributed by atoms with Crippen molar-refractivity contribution < 1.29 is 19.0 Å². The summed E-state index contributed by atoms with van der Waals surface area (Å²) < 4.78 is 16.9. The number of hydrogen-bond donors (Lipinski definition) is 3. The number of guanidine groups is 1. The van der Waals surface area contributed by atoms with E-state index >= 15 is 0 Å². The van der Waals surface area contributed by atoms with Gasteiger partial charge in [0.25, 0.3) is 0 Å². The molecule has 186 valence electrons. The summed E-state index contributed by atoms with van der Waals surface area (Å²) in [5.41, 5.74) is 0.532. The number of aliphatic imine (C=N–C) groups is 1. The maximum absolute atomic E-state index is 12.3. The van der Waals surface area contributed by atoms with Gasteiger partial charge in [0, 0.05) is 43.3 Å². The molecule has 1 aromatic carbocycles. The molecule has 1 saturated heterocycles. The summed E-state index contributed by atoms with van der Waals surface area (Å²) in [4.78, 5) is 19.1. The van der Waals surface area contributed by atoms with E-state index in [1.807, 2.05) is 39.0 Å². The SMILES string of the molecule is CC(C)(C)NC(=O)CN=C(NCCCN1CCOCC1)Nc1ccc2c(c1)OCCCO2.I. The fourth-order valence-corrected chi connectivity index (χ4v) is 3.46. The van der Waals surface area contributed by atoms with E-state index in [9.17, 15) is 4.79 Å². The number of ether oxygens (including phenoxy) is 3. The monoisotopic (exact) mass is 575 g/mol. The fraction of sp³-hybridized carbons (Fsp3) is 0.652. The Labute approximate surface area is 214 Å². The smallest absolute Gasteiger partial charge is 0.242 e. The molecule has 33 heavy (non-hydrogen) atoms. The number of halogens is 1. The largest absolute Gasteiger partial charge is 0.490 e. The van der Waals surface area contributed by atoms with Crippen molar-refractivity contribution in [1.82, 2.24) is 15.5 Å². The molecule has 1 fully saturated rings. The maximum Gasteiger partial charge on any atom is 0.242 e. The molecule has 1 amide bonds. The highest BCUT2D eigenvalue weighted by Crippen LogP contribution is 2.32. The van der Waals surface area contributed by atoms with E-state index in [0.29, 0.717) is 24.9 Å². The van der Waals surface area contributed by atoms with E-state index in [1.165, 1.54) is 0 Å². The van der Waals surface area contributed by atoms with Crippen LogP contribution in [-0.4, -0.2) is 81.5 Å². The third kappa shape index (κ3) is 10.3. The van der Waals surface area contributed by atoms with Crippen LogP contribution in [0.15, 0.2) is 23.2 Å². The third-order valence-corrected chi connectivity index (χ3v) is 4.95. The molecule has 0 radical (unpaired) electrons. The summed E-state index contributed by atoms with van der Waals surface area (Å²) in [5, 5.41) is 9.58. The molecule has 0 aliphatic carbocycles. The zero-order valence-electron chi connectivity index (χ0n) is 19.9. The van der Waals surface area contributed by atoms with Crippen LogP contribution in [0.1, 0.15) is 33.6 Å². The summed E-state index contributed by atoms with van der Waals surface area (Å²) in [6.45, 7) is 12.5. The minimum atomic E-state index is -0.292. The Morgan fingerprint density at radius 3 is 2.55 bits per heavy atom. The lowest BCUT2D eigenvalue weighted by Gasteiger charge is -2.26. The Morgan fingerprint density at radius 1 is 1.09 bits per heavy atom. The van der Waals surface area contributed by atoms with Gasteiger partial charge in [0.05, 0.1) is 26.4 Å². The first-order valence-corrected chi connectivity index (χ1v) is 11.5. The number of benzene rings is 1. The van der Waals surface area contributed by atoms with Crippen molar-refractivity contribution in [1.29, 1.82) is 0 Å². The first-order valence-electron chi connectivity index (χ1n) is 11.5. The number of carbonyl (C=O) groups is 1. The van der Waals surface area contributed by atoms with Gasteiger partial charge in [0.15, 0.2) is 17.5 Å². The molecule has 0 spiro atoms. The molecule has 1 aromatic rings. The molecule has 2 aliphatic rings. The number of hydrogen-bond acceptors (Lipinski definition) is 6. The first-order chi connectivity index (χ1) is 15.4. The van der Waals surface area contributed by atoms with Gasteiger partial charge < -0.3 is 30.2 Å². The maximum atomic E-state index is 12.3. The van der Waals surface area contributed by atoms with E-state index in [4.69, 9.17) is 14.2 Å². The van der Waals surface area contributed by atoms with Crippen molar-refractivity contribution in [3.8, 4) is 11.5 Å². The zero-order valence-corrected chi connectivity index (χ0v) is 22.3. The predicted molar refractivity (Wildman–Crippen MR) is 141 cm³/mol. The van der Waals surface area contributed by atoms with E-state index in [-0.39, 0.29) is 42.0 Å². The van der Waals surface area contributed by atoms with Gasteiger partial charge in [-0.2, -0.15) is 0 Å². The highest BCUT2D eigenvalue weighted by Gasteiger charge is 2.15. The summed E-state index contributed by atoms with van der Waals surface area (Å²) in [7, 11) is 0. The second-order valence-electron chi connectivity index (χ2n) is 9.03. The summed E-state index contributed by atoms with van der Waals surface area (Å²) in [6, 6.07) is 5.72. The second-order valence-corrected chi connectivity index (χ2v) is 9.03. The molecule has 3 rings (SSSR count). The average molecular weight is 575 g/mol. The van der Waals surface area contributed by atoms with Crippen molar-refractivity contribution in [2.75, 3.05) is 64.5 Å². The standard InChI is InChI=1S/C23H37N5O4.HI/c1-23(2,3)27-21(29)17-25-22(24-8-4-9-28-10-14-30-15-11-28)26-18-6-7-19-20(16-18)32-13-5-12-31-19;/h6-7,16H,4-5,8-15,17H2,1-3H3,(H,27,29)(H2,24,25,26);1H. The highest BCUT2D eigenvalue weighted by molar-refractivity contribution is 14.0. The van der Waals surface area contributed by atoms with E-state index in [0.717, 1.165) is 63.7 Å². The summed E-state index contributed by atoms with van der Waals surface area (Å²) in [6.07, 6.45) is 1.83. The first kappa shape index (κ1) is 27.5. The number of amides is 1. The summed E-state index contributed by atoms with van der Waals surface area (Å²) in [5.74, 6) is 1.90. The van der Waals surface area contributed by atoms with Gasteiger partial charge in [-0.3, -0.25) is 9.69 Å². The molecule has 0 saturated carbocycles. The van der Waals surface area contributed by atoms with E-state index < -0.39 is 0 Å². The molecule has 0 atom stereocenters. The van der Waals surface area contributed by atoms with Gasteiger partial charge >= 0.3 is 0 Å². The zero-order chi connectivity index (χ0) is 22.8. The lowest BCUT2D eigenvalue weighted by Crippen LogP contribution is -2.42. The van der Waals surface area contributed by atoms with Crippen molar-refractivity contribution in [2.45, 2.75) is 39.2 Å². The normalized spacial score (nSPS) is 16.9. The Morgan fingerprint density at radius 2 is 1.82 bits per heavy atom. The Kier molecular flexibility index (Phi) is 11.5. The predicted octanol–water partition coefficient (Wildman–Crippen LogP) is 2.46. The molecular formula is C23H38IN5O4. The van der Waals surface area contributed by atoms with Crippen LogP contribution in [0.3, 0.4) is 0 Å². The lowest BCUT2D eigenvalue weighted by molar-refractivity contribution is -0.121. The van der Waals surface area contributed by atoms with E-state index in [1.54, 1.807) is 0 Å². The Hall–Kier alpha value is -1.79.